The summed E-state index contributed by atoms with van der Waals surface area (Å²) in [6.07, 6.45) is 0.806. The average Bonchev–Trinajstić information content (AvgIpc) is 2.86. The molecule has 1 aliphatic rings. The molecule has 2 aromatic carbocycles. The highest BCUT2D eigenvalue weighted by atomic mass is 16.2. The van der Waals surface area contributed by atoms with Crippen molar-refractivity contribution in [3.8, 4) is 0 Å². The predicted molar refractivity (Wildman–Crippen MR) is 94.8 cm³/mol. The molecule has 2 unspecified atom stereocenters. The maximum absolute atomic E-state index is 12.2. The van der Waals surface area contributed by atoms with Crippen LogP contribution in [0.15, 0.2) is 30.3 Å². The van der Waals surface area contributed by atoms with Gasteiger partial charge in [0.1, 0.15) is 0 Å². The molecular weight excluding hydrogens is 284 g/mol. The van der Waals surface area contributed by atoms with Crippen LogP contribution in [0.4, 0.5) is 5.69 Å². The average molecular weight is 308 g/mol. The first-order chi connectivity index (χ1) is 11.0. The lowest BCUT2D eigenvalue weighted by molar-refractivity contribution is -0.117. The first-order valence-electron chi connectivity index (χ1n) is 8.21. The van der Waals surface area contributed by atoms with Gasteiger partial charge in [0.05, 0.1) is 12.0 Å². The third-order valence-corrected chi connectivity index (χ3v) is 5.18. The standard InChI is InChI=1S/C20H24N2O/c1-5-14-17-10-16(12(3)13(4)19(17)22-20(14)23)18(21)15-9-7-6-8-11(15)2/h6-10,14,18H,5,21H2,1-4H3,(H,22,23). The molecule has 1 heterocycles. The zero-order valence-electron chi connectivity index (χ0n) is 14.2. The number of aryl methyl sites for hydroxylation is 1. The van der Waals surface area contributed by atoms with E-state index in [1.165, 1.54) is 5.56 Å². The van der Waals surface area contributed by atoms with Gasteiger partial charge in [-0.2, -0.15) is 0 Å². The second-order valence-corrected chi connectivity index (χ2v) is 6.46. The largest absolute Gasteiger partial charge is 0.325 e. The molecular formula is C20H24N2O. The number of hydrogen-bond donors (Lipinski definition) is 2. The highest BCUT2D eigenvalue weighted by molar-refractivity contribution is 6.04. The Balaban J connectivity index is 2.15. The summed E-state index contributed by atoms with van der Waals surface area (Å²) >= 11 is 0. The molecule has 0 aromatic heterocycles. The normalized spacial score (nSPS) is 17.8. The lowest BCUT2D eigenvalue weighted by Crippen LogP contribution is -2.16. The van der Waals surface area contributed by atoms with Crippen LogP contribution >= 0.6 is 0 Å². The molecule has 0 fully saturated rings. The zero-order chi connectivity index (χ0) is 16.7. The van der Waals surface area contributed by atoms with Crippen molar-refractivity contribution in [2.45, 2.75) is 46.1 Å². The van der Waals surface area contributed by atoms with Gasteiger partial charge in [-0.1, -0.05) is 37.3 Å². The van der Waals surface area contributed by atoms with Crippen molar-refractivity contribution < 1.29 is 4.79 Å². The Morgan fingerprint density at radius 3 is 2.48 bits per heavy atom. The van der Waals surface area contributed by atoms with Crippen molar-refractivity contribution in [3.05, 3.63) is 63.7 Å². The molecule has 0 radical (unpaired) electrons. The molecule has 0 bridgehead atoms. The van der Waals surface area contributed by atoms with Gasteiger partial charge >= 0.3 is 0 Å². The fraction of sp³-hybridized carbons (Fsp3) is 0.350. The number of rotatable bonds is 3. The van der Waals surface area contributed by atoms with Gasteiger partial charge in [0.2, 0.25) is 5.91 Å². The number of anilines is 1. The van der Waals surface area contributed by atoms with Crippen LogP contribution < -0.4 is 11.1 Å². The zero-order valence-corrected chi connectivity index (χ0v) is 14.2. The number of benzene rings is 2. The summed E-state index contributed by atoms with van der Waals surface area (Å²) in [7, 11) is 0. The van der Waals surface area contributed by atoms with E-state index >= 15 is 0 Å². The second-order valence-electron chi connectivity index (χ2n) is 6.46. The van der Waals surface area contributed by atoms with Gasteiger partial charge in [-0.05, 0) is 60.6 Å². The van der Waals surface area contributed by atoms with Crippen LogP contribution in [0.1, 0.15) is 58.7 Å². The Hall–Kier alpha value is -2.13. The van der Waals surface area contributed by atoms with Gasteiger partial charge in [0.15, 0.2) is 0 Å². The molecule has 3 heteroatoms. The third-order valence-electron chi connectivity index (χ3n) is 5.18. The molecule has 3 rings (SSSR count). The highest BCUT2D eigenvalue weighted by Crippen LogP contribution is 2.41. The number of nitrogens with one attached hydrogen (secondary N) is 1. The van der Waals surface area contributed by atoms with Gasteiger partial charge < -0.3 is 11.1 Å². The lowest BCUT2D eigenvalue weighted by Gasteiger charge is -2.21. The summed E-state index contributed by atoms with van der Waals surface area (Å²) in [4.78, 5) is 12.2. The first kappa shape index (κ1) is 15.8. The molecule has 23 heavy (non-hydrogen) atoms. The number of carbonyl (C=O) groups excluding carboxylic acids is 1. The van der Waals surface area contributed by atoms with Gasteiger partial charge in [-0.3, -0.25) is 4.79 Å². The maximum atomic E-state index is 12.2. The summed E-state index contributed by atoms with van der Waals surface area (Å²) in [6, 6.07) is 10.2. The van der Waals surface area contributed by atoms with Crippen molar-refractivity contribution in [3.63, 3.8) is 0 Å². The molecule has 120 valence electrons. The molecule has 0 saturated heterocycles. The minimum absolute atomic E-state index is 0.0629. The maximum Gasteiger partial charge on any atom is 0.232 e. The van der Waals surface area contributed by atoms with E-state index in [1.54, 1.807) is 0 Å². The van der Waals surface area contributed by atoms with Crippen LogP contribution in [0.2, 0.25) is 0 Å². The smallest absolute Gasteiger partial charge is 0.232 e. The summed E-state index contributed by atoms with van der Waals surface area (Å²) in [6.45, 7) is 8.30. The van der Waals surface area contributed by atoms with Crippen molar-refractivity contribution in [2.24, 2.45) is 5.73 Å². The van der Waals surface area contributed by atoms with Gasteiger partial charge in [-0.25, -0.2) is 0 Å². The molecule has 3 nitrogen and oxygen atoms in total. The Morgan fingerprint density at radius 1 is 1.13 bits per heavy atom. The van der Waals surface area contributed by atoms with E-state index in [-0.39, 0.29) is 17.9 Å². The molecule has 0 spiro atoms. The fourth-order valence-electron chi connectivity index (χ4n) is 3.59. The van der Waals surface area contributed by atoms with Crippen LogP contribution in [-0.2, 0) is 4.79 Å². The number of nitrogens with two attached hydrogens (primary N) is 1. The first-order valence-corrected chi connectivity index (χ1v) is 8.21. The van der Waals surface area contributed by atoms with E-state index in [0.29, 0.717) is 0 Å². The minimum atomic E-state index is -0.173. The van der Waals surface area contributed by atoms with Gasteiger partial charge in [0.25, 0.3) is 0 Å². The molecule has 1 amide bonds. The van der Waals surface area contributed by atoms with Crippen molar-refractivity contribution in [1.29, 1.82) is 0 Å². The number of carbonyl (C=O) groups is 1. The second kappa shape index (κ2) is 5.82. The monoisotopic (exact) mass is 308 g/mol. The topological polar surface area (TPSA) is 55.1 Å². The number of fused-ring (bicyclic) bond motifs is 1. The third kappa shape index (κ3) is 2.45. The van der Waals surface area contributed by atoms with Crippen LogP contribution in [0.5, 0.6) is 0 Å². The van der Waals surface area contributed by atoms with Crippen molar-refractivity contribution in [1.82, 2.24) is 0 Å². The molecule has 0 saturated carbocycles. The van der Waals surface area contributed by atoms with Crippen LogP contribution in [0, 0.1) is 20.8 Å². The van der Waals surface area contributed by atoms with Gasteiger partial charge in [-0.15, -0.1) is 0 Å². The number of hydrogen-bond acceptors (Lipinski definition) is 2. The Bertz CT molecular complexity index is 779. The van der Waals surface area contributed by atoms with E-state index in [9.17, 15) is 4.79 Å². The SMILES string of the molecule is CCC1C(=O)Nc2c1cc(C(N)c1ccccc1C)c(C)c2C. The highest BCUT2D eigenvalue weighted by Gasteiger charge is 2.32. The van der Waals surface area contributed by atoms with E-state index in [0.717, 1.165) is 39.9 Å². The summed E-state index contributed by atoms with van der Waals surface area (Å²) in [5, 5.41) is 3.05. The molecule has 0 aliphatic carbocycles. The van der Waals surface area contributed by atoms with Crippen LogP contribution in [0.3, 0.4) is 0 Å². The summed E-state index contributed by atoms with van der Waals surface area (Å²) in [5.74, 6) is 0.0405. The van der Waals surface area contributed by atoms with E-state index in [4.69, 9.17) is 5.73 Å². The van der Waals surface area contributed by atoms with E-state index < -0.39 is 0 Å². The molecule has 2 atom stereocenters. The van der Waals surface area contributed by atoms with Crippen LogP contribution in [0.25, 0.3) is 0 Å². The van der Waals surface area contributed by atoms with Crippen molar-refractivity contribution in [2.75, 3.05) is 5.32 Å². The minimum Gasteiger partial charge on any atom is -0.325 e. The van der Waals surface area contributed by atoms with Gasteiger partial charge in [0, 0.05) is 5.69 Å². The summed E-state index contributed by atoms with van der Waals surface area (Å²) in [5.41, 5.74) is 14.4. The van der Waals surface area contributed by atoms with Crippen LogP contribution in [-0.4, -0.2) is 5.91 Å². The van der Waals surface area contributed by atoms with Crippen molar-refractivity contribution >= 4 is 11.6 Å². The Morgan fingerprint density at radius 2 is 1.83 bits per heavy atom. The molecule has 3 N–H and O–H groups in total. The lowest BCUT2D eigenvalue weighted by atomic mass is 9.86. The van der Waals surface area contributed by atoms with E-state index in [2.05, 4.69) is 51.2 Å². The molecule has 1 aliphatic heterocycles. The Kier molecular flexibility index (Phi) is 3.99. The fourth-order valence-corrected chi connectivity index (χ4v) is 3.59. The Labute approximate surface area is 137 Å². The summed E-state index contributed by atoms with van der Waals surface area (Å²) < 4.78 is 0. The van der Waals surface area contributed by atoms with E-state index in [1.807, 2.05) is 12.1 Å². The number of amides is 1. The molecule has 2 aromatic rings. The predicted octanol–water partition coefficient (Wildman–Crippen LogP) is 4.11. The quantitative estimate of drug-likeness (QED) is 0.896.